The molecule has 0 saturated heterocycles. The summed E-state index contributed by atoms with van der Waals surface area (Å²) in [5.41, 5.74) is 3.68. The number of benzene rings is 1. The first-order chi connectivity index (χ1) is 7.31. The van der Waals surface area contributed by atoms with Gasteiger partial charge < -0.3 is 5.32 Å². The molecule has 0 aliphatic rings. The summed E-state index contributed by atoms with van der Waals surface area (Å²) in [7, 11) is 1.96. The summed E-state index contributed by atoms with van der Waals surface area (Å²) in [6, 6.07) is 8.35. The molecule has 78 valence electrons. The Hall–Kier alpha value is -1.61. The van der Waals surface area contributed by atoms with Gasteiger partial charge in [-0.25, -0.2) is 4.68 Å². The Morgan fingerprint density at radius 1 is 1.40 bits per heavy atom. The number of nitrogens with zero attached hydrogens (tertiary/aromatic N) is 2. The molecule has 1 heterocycles. The molecule has 0 saturated carbocycles. The van der Waals surface area contributed by atoms with Gasteiger partial charge in [0.05, 0.1) is 5.69 Å². The minimum atomic E-state index is 0.903. The number of aryl methyl sites for hydroxylation is 1. The van der Waals surface area contributed by atoms with Crippen LogP contribution in [-0.2, 0) is 6.54 Å². The topological polar surface area (TPSA) is 29.9 Å². The van der Waals surface area contributed by atoms with Crippen LogP contribution in [-0.4, -0.2) is 16.8 Å². The fraction of sp³-hybridized carbons (Fsp3) is 0.250. The largest absolute Gasteiger partial charge is 0.316 e. The molecule has 0 fully saturated rings. The summed E-state index contributed by atoms with van der Waals surface area (Å²) in [5, 5.41) is 7.37. The van der Waals surface area contributed by atoms with Gasteiger partial charge in [-0.1, -0.05) is 12.1 Å². The van der Waals surface area contributed by atoms with Gasteiger partial charge in [-0.2, -0.15) is 5.10 Å². The highest BCUT2D eigenvalue weighted by atomic mass is 15.3. The molecule has 0 atom stereocenters. The van der Waals surface area contributed by atoms with Crippen LogP contribution in [0.5, 0.6) is 0 Å². The van der Waals surface area contributed by atoms with Gasteiger partial charge in [-0.3, -0.25) is 0 Å². The van der Waals surface area contributed by atoms with Crippen LogP contribution in [0.2, 0.25) is 0 Å². The smallest absolute Gasteiger partial charge is 0.0674 e. The Balaban J connectivity index is 2.35. The lowest BCUT2D eigenvalue weighted by molar-refractivity contribution is 0.813. The van der Waals surface area contributed by atoms with Crippen molar-refractivity contribution in [1.29, 1.82) is 0 Å². The summed E-state index contributed by atoms with van der Waals surface area (Å²) >= 11 is 0. The van der Waals surface area contributed by atoms with Crippen molar-refractivity contribution in [3.63, 3.8) is 0 Å². The van der Waals surface area contributed by atoms with E-state index in [2.05, 4.69) is 35.5 Å². The molecule has 1 aromatic heterocycles. The van der Waals surface area contributed by atoms with Crippen LogP contribution in [0.3, 0.4) is 0 Å². The summed E-state index contributed by atoms with van der Waals surface area (Å²) < 4.78 is 1.89. The normalized spacial score (nSPS) is 10.5. The van der Waals surface area contributed by atoms with Crippen LogP contribution in [0.1, 0.15) is 11.1 Å². The van der Waals surface area contributed by atoms with Crippen LogP contribution >= 0.6 is 0 Å². The first-order valence-electron chi connectivity index (χ1n) is 5.05. The van der Waals surface area contributed by atoms with E-state index >= 15 is 0 Å². The molecular formula is C12H15N3. The summed E-state index contributed by atoms with van der Waals surface area (Å²) in [6.07, 6.45) is 3.75. The van der Waals surface area contributed by atoms with Gasteiger partial charge in [0.2, 0.25) is 0 Å². The molecule has 2 rings (SSSR count). The highest BCUT2D eigenvalue weighted by Gasteiger charge is 2.01. The Labute approximate surface area is 89.7 Å². The lowest BCUT2D eigenvalue weighted by atomic mass is 10.1. The molecular weight excluding hydrogens is 186 g/mol. The number of hydrogen-bond donors (Lipinski definition) is 1. The van der Waals surface area contributed by atoms with E-state index < -0.39 is 0 Å². The molecule has 0 bridgehead atoms. The highest BCUT2D eigenvalue weighted by Crippen LogP contribution is 2.14. The fourth-order valence-corrected chi connectivity index (χ4v) is 1.70. The van der Waals surface area contributed by atoms with Crippen LogP contribution < -0.4 is 5.32 Å². The number of nitrogens with one attached hydrogen (secondary N) is 1. The quantitative estimate of drug-likeness (QED) is 0.822. The summed E-state index contributed by atoms with van der Waals surface area (Å²) in [5.74, 6) is 0. The first kappa shape index (κ1) is 9.93. The zero-order chi connectivity index (χ0) is 10.7. The Kier molecular flexibility index (Phi) is 2.83. The van der Waals surface area contributed by atoms with Gasteiger partial charge in [-0.05, 0) is 37.2 Å². The predicted molar refractivity (Wildman–Crippen MR) is 61.1 cm³/mol. The van der Waals surface area contributed by atoms with E-state index in [1.807, 2.05) is 24.0 Å². The zero-order valence-corrected chi connectivity index (χ0v) is 9.07. The second-order valence-corrected chi connectivity index (χ2v) is 3.60. The predicted octanol–water partition coefficient (Wildman–Crippen LogP) is 1.90. The van der Waals surface area contributed by atoms with Crippen molar-refractivity contribution in [1.82, 2.24) is 15.1 Å². The number of aromatic nitrogens is 2. The molecule has 0 radical (unpaired) electrons. The van der Waals surface area contributed by atoms with Gasteiger partial charge in [0.1, 0.15) is 0 Å². The van der Waals surface area contributed by atoms with Gasteiger partial charge in [0.15, 0.2) is 0 Å². The fourth-order valence-electron chi connectivity index (χ4n) is 1.70. The van der Waals surface area contributed by atoms with Crippen molar-refractivity contribution in [2.24, 2.45) is 0 Å². The molecule has 3 nitrogen and oxygen atoms in total. The van der Waals surface area contributed by atoms with Gasteiger partial charge in [-0.15, -0.1) is 0 Å². The maximum Gasteiger partial charge on any atom is 0.0674 e. The maximum absolute atomic E-state index is 4.22. The van der Waals surface area contributed by atoms with Crippen molar-refractivity contribution in [3.8, 4) is 5.69 Å². The van der Waals surface area contributed by atoms with E-state index in [0.29, 0.717) is 0 Å². The third-order valence-electron chi connectivity index (χ3n) is 2.39. The van der Waals surface area contributed by atoms with Crippen LogP contribution in [0.25, 0.3) is 5.69 Å². The SMILES string of the molecule is CNCc1ccc(-n2cccn2)c(C)c1. The Morgan fingerprint density at radius 2 is 2.27 bits per heavy atom. The number of rotatable bonds is 3. The van der Waals surface area contributed by atoms with E-state index in [1.165, 1.54) is 11.1 Å². The zero-order valence-electron chi connectivity index (χ0n) is 9.07. The van der Waals surface area contributed by atoms with Crippen molar-refractivity contribution in [3.05, 3.63) is 47.8 Å². The summed E-state index contributed by atoms with van der Waals surface area (Å²) in [6.45, 7) is 3.01. The first-order valence-corrected chi connectivity index (χ1v) is 5.05. The molecule has 0 unspecified atom stereocenters. The minimum Gasteiger partial charge on any atom is -0.316 e. The van der Waals surface area contributed by atoms with Crippen molar-refractivity contribution in [2.75, 3.05) is 7.05 Å². The van der Waals surface area contributed by atoms with Crippen molar-refractivity contribution < 1.29 is 0 Å². The van der Waals surface area contributed by atoms with Gasteiger partial charge in [0.25, 0.3) is 0 Å². The van der Waals surface area contributed by atoms with Crippen molar-refractivity contribution in [2.45, 2.75) is 13.5 Å². The average molecular weight is 201 g/mol. The minimum absolute atomic E-state index is 0.903. The lowest BCUT2D eigenvalue weighted by Gasteiger charge is -2.08. The van der Waals surface area contributed by atoms with Crippen LogP contribution in [0.4, 0.5) is 0 Å². The van der Waals surface area contributed by atoms with Crippen LogP contribution in [0, 0.1) is 6.92 Å². The monoisotopic (exact) mass is 201 g/mol. The van der Waals surface area contributed by atoms with Gasteiger partial charge >= 0.3 is 0 Å². The Morgan fingerprint density at radius 3 is 2.87 bits per heavy atom. The molecule has 15 heavy (non-hydrogen) atoms. The third kappa shape index (κ3) is 2.07. The molecule has 2 aromatic rings. The summed E-state index contributed by atoms with van der Waals surface area (Å²) in [4.78, 5) is 0. The number of hydrogen-bond acceptors (Lipinski definition) is 2. The van der Waals surface area contributed by atoms with E-state index in [4.69, 9.17) is 0 Å². The Bertz CT molecular complexity index is 432. The molecule has 0 spiro atoms. The maximum atomic E-state index is 4.22. The van der Waals surface area contributed by atoms with Crippen LogP contribution in [0.15, 0.2) is 36.7 Å². The standard InChI is InChI=1S/C12H15N3/c1-10-8-11(9-13-2)4-5-12(10)15-7-3-6-14-15/h3-8,13H,9H2,1-2H3. The second kappa shape index (κ2) is 4.28. The van der Waals surface area contributed by atoms with E-state index in [-0.39, 0.29) is 0 Å². The van der Waals surface area contributed by atoms with E-state index in [1.54, 1.807) is 6.20 Å². The molecule has 0 amide bonds. The van der Waals surface area contributed by atoms with E-state index in [9.17, 15) is 0 Å². The highest BCUT2D eigenvalue weighted by molar-refractivity contribution is 5.42. The second-order valence-electron chi connectivity index (χ2n) is 3.60. The molecule has 1 N–H and O–H groups in total. The van der Waals surface area contributed by atoms with Gasteiger partial charge in [0, 0.05) is 18.9 Å². The van der Waals surface area contributed by atoms with E-state index in [0.717, 1.165) is 12.2 Å². The molecule has 3 heteroatoms. The molecule has 0 aliphatic carbocycles. The molecule has 0 aliphatic heterocycles. The lowest BCUT2D eigenvalue weighted by Crippen LogP contribution is -2.06. The third-order valence-corrected chi connectivity index (χ3v) is 2.39. The molecule has 1 aromatic carbocycles. The average Bonchev–Trinajstić information content (AvgIpc) is 2.71. The van der Waals surface area contributed by atoms with Crippen molar-refractivity contribution >= 4 is 0 Å².